The van der Waals surface area contributed by atoms with Crippen molar-refractivity contribution in [1.82, 2.24) is 10.6 Å². The number of furan rings is 1. The molecule has 0 aliphatic heterocycles. The van der Waals surface area contributed by atoms with Crippen LogP contribution in [0.1, 0.15) is 60.9 Å². The van der Waals surface area contributed by atoms with Crippen molar-refractivity contribution in [2.45, 2.75) is 52.5 Å². The Morgan fingerprint density at radius 1 is 1.38 bits per heavy atom. The maximum Gasteiger partial charge on any atom is 0.341 e. The summed E-state index contributed by atoms with van der Waals surface area (Å²) in [6.07, 6.45) is 6.41. The molecular formula is C18H29N3O3. The summed E-state index contributed by atoms with van der Waals surface area (Å²) in [6, 6.07) is 1.71. The zero-order chi connectivity index (χ0) is 17.6. The quantitative estimate of drug-likeness (QED) is 0.475. The molecule has 1 aliphatic carbocycles. The first-order chi connectivity index (χ1) is 11.5. The van der Waals surface area contributed by atoms with E-state index in [-0.39, 0.29) is 5.97 Å². The van der Waals surface area contributed by atoms with E-state index < -0.39 is 0 Å². The molecule has 0 atom stereocenters. The highest BCUT2D eigenvalue weighted by Crippen LogP contribution is 2.40. The molecule has 0 bridgehead atoms. The second-order valence-electron chi connectivity index (χ2n) is 6.51. The molecule has 0 radical (unpaired) electrons. The fraction of sp³-hybridized carbons (Fsp3) is 0.667. The van der Waals surface area contributed by atoms with E-state index >= 15 is 0 Å². The number of nitrogens with one attached hydrogen (secondary N) is 2. The standard InChI is InChI=1S/C18H29N3O3/c1-5-18(8-6-7-9-18)12-21-17(19-3)20-11-14-10-15(13(2)24-14)16(22)23-4/h10H,5-9,11-12H2,1-4H3,(H2,19,20,21). The summed E-state index contributed by atoms with van der Waals surface area (Å²) in [5.74, 6) is 1.62. The number of methoxy groups -OCH3 is 1. The molecule has 1 aromatic heterocycles. The zero-order valence-corrected chi connectivity index (χ0v) is 15.2. The van der Waals surface area contributed by atoms with Crippen LogP contribution in [0, 0.1) is 12.3 Å². The Kier molecular flexibility index (Phi) is 6.29. The lowest BCUT2D eigenvalue weighted by Crippen LogP contribution is -2.42. The molecular weight excluding hydrogens is 306 g/mol. The van der Waals surface area contributed by atoms with Crippen LogP contribution in [0.15, 0.2) is 15.5 Å². The number of carbonyl (C=O) groups is 1. The number of hydrogen-bond donors (Lipinski definition) is 2. The van der Waals surface area contributed by atoms with Crippen molar-refractivity contribution < 1.29 is 13.9 Å². The summed E-state index contributed by atoms with van der Waals surface area (Å²) in [6.45, 7) is 5.43. The molecule has 1 aromatic rings. The van der Waals surface area contributed by atoms with Crippen LogP contribution in [0.4, 0.5) is 0 Å². The highest BCUT2D eigenvalue weighted by atomic mass is 16.5. The maximum absolute atomic E-state index is 11.6. The number of rotatable bonds is 6. The average Bonchev–Trinajstić information content (AvgIpc) is 3.21. The van der Waals surface area contributed by atoms with Gasteiger partial charge < -0.3 is 19.8 Å². The summed E-state index contributed by atoms with van der Waals surface area (Å²) in [4.78, 5) is 15.9. The van der Waals surface area contributed by atoms with E-state index in [1.165, 1.54) is 39.2 Å². The van der Waals surface area contributed by atoms with Gasteiger partial charge in [0, 0.05) is 13.6 Å². The summed E-state index contributed by atoms with van der Waals surface area (Å²) < 4.78 is 10.3. The van der Waals surface area contributed by atoms with Crippen molar-refractivity contribution in [1.29, 1.82) is 0 Å². The number of ether oxygens (including phenoxy) is 1. The third-order valence-corrected chi connectivity index (χ3v) is 5.07. The molecule has 24 heavy (non-hydrogen) atoms. The lowest BCUT2D eigenvalue weighted by atomic mass is 9.83. The summed E-state index contributed by atoms with van der Waals surface area (Å²) in [5.41, 5.74) is 0.866. The second kappa shape index (κ2) is 8.22. The van der Waals surface area contributed by atoms with Gasteiger partial charge in [0.05, 0.1) is 13.7 Å². The van der Waals surface area contributed by atoms with E-state index in [1.54, 1.807) is 20.0 Å². The van der Waals surface area contributed by atoms with Crippen LogP contribution in [0.2, 0.25) is 0 Å². The molecule has 6 heteroatoms. The van der Waals surface area contributed by atoms with Crippen molar-refractivity contribution in [3.05, 3.63) is 23.2 Å². The van der Waals surface area contributed by atoms with Gasteiger partial charge in [-0.05, 0) is 37.7 Å². The minimum atomic E-state index is -0.379. The largest absolute Gasteiger partial charge is 0.465 e. The van der Waals surface area contributed by atoms with Gasteiger partial charge in [-0.15, -0.1) is 0 Å². The predicted molar refractivity (Wildman–Crippen MR) is 94.2 cm³/mol. The molecule has 2 rings (SSSR count). The van der Waals surface area contributed by atoms with Gasteiger partial charge in [0.25, 0.3) is 0 Å². The fourth-order valence-corrected chi connectivity index (χ4v) is 3.39. The molecule has 1 heterocycles. The third kappa shape index (κ3) is 4.30. The summed E-state index contributed by atoms with van der Waals surface area (Å²) in [5, 5.41) is 6.68. The lowest BCUT2D eigenvalue weighted by molar-refractivity contribution is 0.0599. The number of esters is 1. The minimum absolute atomic E-state index is 0.379. The van der Waals surface area contributed by atoms with Crippen molar-refractivity contribution in [3.8, 4) is 0 Å². The molecule has 1 saturated carbocycles. The molecule has 134 valence electrons. The molecule has 0 unspecified atom stereocenters. The average molecular weight is 335 g/mol. The molecule has 1 fully saturated rings. The minimum Gasteiger partial charge on any atom is -0.465 e. The van der Waals surface area contributed by atoms with Crippen LogP contribution < -0.4 is 10.6 Å². The van der Waals surface area contributed by atoms with Gasteiger partial charge in [0.1, 0.15) is 17.1 Å². The first kappa shape index (κ1) is 18.4. The monoisotopic (exact) mass is 335 g/mol. The van der Waals surface area contributed by atoms with E-state index in [4.69, 9.17) is 9.15 Å². The van der Waals surface area contributed by atoms with Crippen molar-refractivity contribution in [3.63, 3.8) is 0 Å². The van der Waals surface area contributed by atoms with Crippen molar-refractivity contribution >= 4 is 11.9 Å². The van der Waals surface area contributed by atoms with Crippen molar-refractivity contribution in [2.75, 3.05) is 20.7 Å². The number of hydrogen-bond acceptors (Lipinski definition) is 4. The molecule has 0 spiro atoms. The van der Waals surface area contributed by atoms with Crippen LogP contribution in [-0.2, 0) is 11.3 Å². The summed E-state index contributed by atoms with van der Waals surface area (Å²) in [7, 11) is 3.13. The van der Waals surface area contributed by atoms with Crippen LogP contribution in [0.25, 0.3) is 0 Å². The predicted octanol–water partition coefficient (Wildman–Crippen LogP) is 3.01. The first-order valence-corrected chi connectivity index (χ1v) is 8.65. The van der Waals surface area contributed by atoms with Gasteiger partial charge in [-0.25, -0.2) is 4.79 Å². The smallest absolute Gasteiger partial charge is 0.341 e. The Hall–Kier alpha value is -1.98. The topological polar surface area (TPSA) is 75.9 Å². The Labute approximate surface area is 144 Å². The van der Waals surface area contributed by atoms with E-state index in [2.05, 4.69) is 22.5 Å². The van der Waals surface area contributed by atoms with Gasteiger partial charge in [-0.3, -0.25) is 4.99 Å². The SMILES string of the molecule is CCC1(CNC(=NC)NCc2cc(C(=O)OC)c(C)o2)CCCC1. The van der Waals surface area contributed by atoms with Crippen LogP contribution in [-0.4, -0.2) is 32.6 Å². The Morgan fingerprint density at radius 3 is 2.67 bits per heavy atom. The molecule has 0 aromatic carbocycles. The number of carbonyl (C=O) groups excluding carboxylic acids is 1. The first-order valence-electron chi connectivity index (χ1n) is 8.65. The zero-order valence-electron chi connectivity index (χ0n) is 15.2. The number of aliphatic imine (C=N–C) groups is 1. The Balaban J connectivity index is 1.89. The van der Waals surface area contributed by atoms with Gasteiger partial charge in [0.15, 0.2) is 5.96 Å². The van der Waals surface area contributed by atoms with Gasteiger partial charge in [-0.1, -0.05) is 19.8 Å². The highest BCUT2D eigenvalue weighted by molar-refractivity contribution is 5.90. The van der Waals surface area contributed by atoms with Crippen LogP contribution in [0.3, 0.4) is 0 Å². The number of aryl methyl sites for hydroxylation is 1. The van der Waals surface area contributed by atoms with Crippen molar-refractivity contribution in [2.24, 2.45) is 10.4 Å². The number of nitrogens with zero attached hydrogens (tertiary/aromatic N) is 1. The highest BCUT2D eigenvalue weighted by Gasteiger charge is 2.31. The lowest BCUT2D eigenvalue weighted by Gasteiger charge is -2.28. The van der Waals surface area contributed by atoms with E-state index in [1.807, 2.05) is 0 Å². The van der Waals surface area contributed by atoms with E-state index in [0.29, 0.717) is 29.0 Å². The molecule has 2 N–H and O–H groups in total. The normalized spacial score (nSPS) is 16.9. The Morgan fingerprint density at radius 2 is 2.08 bits per heavy atom. The Bertz CT molecular complexity index is 586. The second-order valence-corrected chi connectivity index (χ2v) is 6.51. The molecule has 6 nitrogen and oxygen atoms in total. The van der Waals surface area contributed by atoms with Gasteiger partial charge in [0.2, 0.25) is 0 Å². The molecule has 1 aliphatic rings. The van der Waals surface area contributed by atoms with Crippen LogP contribution in [0.5, 0.6) is 0 Å². The van der Waals surface area contributed by atoms with Gasteiger partial charge >= 0.3 is 5.97 Å². The van der Waals surface area contributed by atoms with Crippen LogP contribution >= 0.6 is 0 Å². The fourth-order valence-electron chi connectivity index (χ4n) is 3.39. The molecule has 0 amide bonds. The maximum atomic E-state index is 11.6. The summed E-state index contributed by atoms with van der Waals surface area (Å²) >= 11 is 0. The molecule has 0 saturated heterocycles. The van der Waals surface area contributed by atoms with E-state index in [9.17, 15) is 4.79 Å². The third-order valence-electron chi connectivity index (χ3n) is 5.07. The van der Waals surface area contributed by atoms with Gasteiger partial charge in [-0.2, -0.15) is 0 Å². The number of guanidine groups is 1. The van der Waals surface area contributed by atoms with E-state index in [0.717, 1.165) is 12.5 Å².